The van der Waals surface area contributed by atoms with Crippen molar-refractivity contribution < 1.29 is 23.9 Å². The third kappa shape index (κ3) is 3.08. The Morgan fingerprint density at radius 2 is 2.20 bits per heavy atom. The fourth-order valence-electron chi connectivity index (χ4n) is 0.918. The molecule has 2 N–H and O–H groups in total. The Morgan fingerprint density at radius 1 is 1.53 bits per heavy atom. The molecule has 1 aromatic carbocycles. The number of aldehydes is 1. The van der Waals surface area contributed by atoms with Crippen LogP contribution in [-0.2, 0) is 4.57 Å². The Hall–Kier alpha value is -1.32. The van der Waals surface area contributed by atoms with Gasteiger partial charge in [-0.1, -0.05) is 6.92 Å². The van der Waals surface area contributed by atoms with Crippen molar-refractivity contribution in [2.24, 2.45) is 0 Å². The van der Waals surface area contributed by atoms with Gasteiger partial charge in [-0.15, -0.1) is 0 Å². The number of aromatic hydroxyl groups is 1. The molecule has 1 atom stereocenters. The van der Waals surface area contributed by atoms with Gasteiger partial charge in [0.1, 0.15) is 11.5 Å². The highest BCUT2D eigenvalue weighted by molar-refractivity contribution is 7.53. The van der Waals surface area contributed by atoms with Crippen LogP contribution in [0.25, 0.3) is 0 Å². The molecule has 1 rings (SSSR count). The summed E-state index contributed by atoms with van der Waals surface area (Å²) >= 11 is 0. The minimum atomic E-state index is -3.73. The Morgan fingerprint density at radius 3 is 2.73 bits per heavy atom. The first kappa shape index (κ1) is 11.8. The van der Waals surface area contributed by atoms with Crippen LogP contribution in [0.3, 0.4) is 0 Å². The van der Waals surface area contributed by atoms with Gasteiger partial charge in [-0.25, -0.2) is 4.57 Å². The highest BCUT2D eigenvalue weighted by atomic mass is 31.2. The molecule has 0 aliphatic rings. The summed E-state index contributed by atoms with van der Waals surface area (Å²) in [6.07, 6.45) is 0.422. The average Bonchev–Trinajstić information content (AvgIpc) is 2.18. The van der Waals surface area contributed by atoms with E-state index in [2.05, 4.69) is 0 Å². The first-order valence-electron chi connectivity index (χ1n) is 4.28. The lowest BCUT2D eigenvalue weighted by molar-refractivity contribution is 0.112. The van der Waals surface area contributed by atoms with E-state index in [1.807, 2.05) is 0 Å². The topological polar surface area (TPSA) is 83.8 Å². The normalized spacial score (nSPS) is 14.3. The summed E-state index contributed by atoms with van der Waals surface area (Å²) in [5, 5.41) is 9.14. The van der Waals surface area contributed by atoms with Crippen LogP contribution in [-0.4, -0.2) is 22.4 Å². The van der Waals surface area contributed by atoms with Crippen LogP contribution >= 0.6 is 7.60 Å². The van der Waals surface area contributed by atoms with E-state index < -0.39 is 7.60 Å². The van der Waals surface area contributed by atoms with Crippen molar-refractivity contribution in [2.75, 3.05) is 6.16 Å². The fraction of sp³-hybridized carbons (Fsp3) is 0.222. The first-order valence-corrected chi connectivity index (χ1v) is 6.04. The van der Waals surface area contributed by atoms with Crippen molar-refractivity contribution in [2.45, 2.75) is 6.92 Å². The molecule has 0 fully saturated rings. The number of hydrogen-bond donors (Lipinski definition) is 2. The Balaban J connectivity index is 3.07. The van der Waals surface area contributed by atoms with E-state index in [9.17, 15) is 14.3 Å². The van der Waals surface area contributed by atoms with Gasteiger partial charge in [0.25, 0.3) is 0 Å². The lowest BCUT2D eigenvalue weighted by Gasteiger charge is -2.12. The van der Waals surface area contributed by atoms with E-state index >= 15 is 0 Å². The highest BCUT2D eigenvalue weighted by Crippen LogP contribution is 2.43. The highest BCUT2D eigenvalue weighted by Gasteiger charge is 2.19. The van der Waals surface area contributed by atoms with Crippen LogP contribution in [0, 0.1) is 0 Å². The molecule has 1 unspecified atom stereocenters. The molecule has 0 heterocycles. The average molecular weight is 230 g/mol. The molecule has 0 bridgehead atoms. The Kier molecular flexibility index (Phi) is 3.50. The van der Waals surface area contributed by atoms with Crippen LogP contribution in [0.2, 0.25) is 0 Å². The molecule has 1 aromatic rings. The van der Waals surface area contributed by atoms with Crippen molar-refractivity contribution in [3.63, 3.8) is 0 Å². The number of hydrogen-bond acceptors (Lipinski definition) is 4. The molecule has 0 amide bonds. The van der Waals surface area contributed by atoms with Crippen LogP contribution in [0.5, 0.6) is 11.5 Å². The van der Waals surface area contributed by atoms with Crippen LogP contribution in [0.4, 0.5) is 0 Å². The van der Waals surface area contributed by atoms with Crippen LogP contribution < -0.4 is 4.52 Å². The second-order valence-corrected chi connectivity index (χ2v) is 4.97. The standard InChI is InChI=1S/C9H11O5P/c1-2-15(12,13)14-9-5-8(11)4-3-7(9)6-10/h3-6,11H,2H2,1H3,(H,12,13). The first-order chi connectivity index (χ1) is 6.98. The van der Waals surface area contributed by atoms with Crippen molar-refractivity contribution in [3.05, 3.63) is 23.8 Å². The number of rotatable bonds is 4. The third-order valence-electron chi connectivity index (χ3n) is 1.76. The zero-order valence-electron chi connectivity index (χ0n) is 8.08. The van der Waals surface area contributed by atoms with Crippen LogP contribution in [0.15, 0.2) is 18.2 Å². The molecule has 0 radical (unpaired) electrons. The SMILES string of the molecule is CCP(=O)(O)Oc1cc(O)ccc1C=O. The van der Waals surface area contributed by atoms with Gasteiger partial charge in [-0.05, 0) is 12.1 Å². The second-order valence-electron chi connectivity index (χ2n) is 2.88. The lowest BCUT2D eigenvalue weighted by Crippen LogP contribution is -1.97. The van der Waals surface area contributed by atoms with Crippen molar-refractivity contribution in [1.29, 1.82) is 0 Å². The summed E-state index contributed by atoms with van der Waals surface area (Å²) in [5.41, 5.74) is 0.121. The number of carbonyl (C=O) groups is 1. The minimum absolute atomic E-state index is 0.0685. The molecular weight excluding hydrogens is 219 g/mol. The van der Waals surface area contributed by atoms with E-state index in [0.717, 1.165) is 6.07 Å². The summed E-state index contributed by atoms with van der Waals surface area (Å²) in [5.74, 6) is -0.218. The van der Waals surface area contributed by atoms with Crippen LogP contribution in [0.1, 0.15) is 17.3 Å². The van der Waals surface area contributed by atoms with Gasteiger partial charge >= 0.3 is 7.60 Å². The molecule has 0 saturated heterocycles. The zero-order chi connectivity index (χ0) is 11.5. The molecule has 82 valence electrons. The van der Waals surface area contributed by atoms with E-state index in [1.165, 1.54) is 19.1 Å². The zero-order valence-corrected chi connectivity index (χ0v) is 8.98. The molecule has 0 spiro atoms. The predicted octanol–water partition coefficient (Wildman–Crippen LogP) is 1.79. The van der Waals surface area contributed by atoms with Crippen molar-refractivity contribution in [1.82, 2.24) is 0 Å². The summed E-state index contributed by atoms with van der Waals surface area (Å²) in [6.45, 7) is 1.49. The number of benzene rings is 1. The quantitative estimate of drug-likeness (QED) is 0.608. The van der Waals surface area contributed by atoms with Gasteiger partial charge in [0, 0.05) is 6.07 Å². The summed E-state index contributed by atoms with van der Waals surface area (Å²) in [4.78, 5) is 19.8. The number of phenols is 1. The molecule has 0 aliphatic carbocycles. The second kappa shape index (κ2) is 4.47. The fourth-order valence-corrected chi connectivity index (χ4v) is 1.51. The molecule has 0 aromatic heterocycles. The maximum atomic E-state index is 11.3. The van der Waals surface area contributed by atoms with Gasteiger partial charge in [0.05, 0.1) is 11.7 Å². The van der Waals surface area contributed by atoms with Gasteiger partial charge < -0.3 is 14.5 Å². The number of phenolic OH excluding ortho intramolecular Hbond substituents is 1. The molecule has 0 aliphatic heterocycles. The van der Waals surface area contributed by atoms with Gasteiger partial charge in [0.2, 0.25) is 0 Å². The lowest BCUT2D eigenvalue weighted by atomic mass is 10.2. The summed E-state index contributed by atoms with van der Waals surface area (Å²) < 4.78 is 16.0. The van der Waals surface area contributed by atoms with E-state index in [0.29, 0.717) is 6.29 Å². The van der Waals surface area contributed by atoms with Crippen molar-refractivity contribution in [3.8, 4) is 11.5 Å². The van der Waals surface area contributed by atoms with Gasteiger partial charge in [-0.2, -0.15) is 0 Å². The summed E-state index contributed by atoms with van der Waals surface area (Å²) in [6, 6.07) is 3.74. The predicted molar refractivity (Wildman–Crippen MR) is 54.5 cm³/mol. The van der Waals surface area contributed by atoms with Crippen molar-refractivity contribution >= 4 is 13.9 Å². The molecule has 15 heavy (non-hydrogen) atoms. The molecule has 5 nitrogen and oxygen atoms in total. The largest absolute Gasteiger partial charge is 0.508 e. The molecule has 6 heteroatoms. The van der Waals surface area contributed by atoms with E-state index in [1.54, 1.807) is 0 Å². The van der Waals surface area contributed by atoms with Gasteiger partial charge in [-0.3, -0.25) is 4.79 Å². The molecular formula is C9H11O5P. The Bertz CT molecular complexity index is 415. The monoisotopic (exact) mass is 230 g/mol. The number of carbonyl (C=O) groups excluding carboxylic acids is 1. The summed E-state index contributed by atoms with van der Waals surface area (Å²) in [7, 11) is -3.73. The maximum absolute atomic E-state index is 11.3. The Labute approximate surface area is 86.9 Å². The minimum Gasteiger partial charge on any atom is -0.508 e. The smallest absolute Gasteiger partial charge is 0.376 e. The third-order valence-corrected chi connectivity index (χ3v) is 3.05. The van der Waals surface area contributed by atoms with Gasteiger partial charge in [0.15, 0.2) is 6.29 Å². The van der Waals surface area contributed by atoms with E-state index in [4.69, 9.17) is 9.63 Å². The molecule has 0 saturated carbocycles. The van der Waals surface area contributed by atoms with E-state index in [-0.39, 0.29) is 23.2 Å². The maximum Gasteiger partial charge on any atom is 0.376 e.